The first kappa shape index (κ1) is 19.5. The van der Waals surface area contributed by atoms with Gasteiger partial charge in [-0.15, -0.1) is 0 Å². The Balaban J connectivity index is 1.71. The maximum atomic E-state index is 12.7. The Bertz CT molecular complexity index is 880. The predicted octanol–water partition coefficient (Wildman–Crippen LogP) is 2.39. The average Bonchev–Trinajstić information content (AvgIpc) is 3.08. The topological polar surface area (TPSA) is 69.7 Å². The number of hydrogen-bond acceptors (Lipinski definition) is 4. The van der Waals surface area contributed by atoms with Gasteiger partial charge in [0.15, 0.2) is 0 Å². The molecule has 3 rings (SSSR count). The van der Waals surface area contributed by atoms with E-state index in [0.29, 0.717) is 13.0 Å². The van der Waals surface area contributed by atoms with Gasteiger partial charge in [-0.1, -0.05) is 30.3 Å². The Labute approximate surface area is 160 Å². The largest absolute Gasteiger partial charge is 0.312 e. The van der Waals surface area contributed by atoms with Gasteiger partial charge in [0.05, 0.1) is 4.90 Å². The molecule has 0 saturated carbocycles. The first-order valence-electron chi connectivity index (χ1n) is 9.00. The van der Waals surface area contributed by atoms with Gasteiger partial charge in [-0.3, -0.25) is 4.79 Å². The van der Waals surface area contributed by atoms with Crippen LogP contribution in [0.2, 0.25) is 0 Å². The second-order valence-corrected chi connectivity index (χ2v) is 8.65. The summed E-state index contributed by atoms with van der Waals surface area (Å²) in [6.07, 6.45) is 1.39. The molecular weight excluding hydrogens is 362 g/mol. The number of hydrogen-bond donors (Lipinski definition) is 1. The maximum Gasteiger partial charge on any atom is 0.240 e. The summed E-state index contributed by atoms with van der Waals surface area (Å²) in [6.45, 7) is 0.955. The van der Waals surface area contributed by atoms with E-state index < -0.39 is 10.0 Å². The van der Waals surface area contributed by atoms with E-state index in [1.807, 2.05) is 49.3 Å². The van der Waals surface area contributed by atoms with Gasteiger partial charge in [0.25, 0.3) is 0 Å². The lowest BCUT2D eigenvalue weighted by Crippen LogP contribution is -2.34. The first-order valence-corrected chi connectivity index (χ1v) is 10.5. The molecule has 1 atom stereocenters. The first-order chi connectivity index (χ1) is 12.9. The minimum absolute atomic E-state index is 0.0672. The highest BCUT2D eigenvalue weighted by atomic mass is 32.2. The van der Waals surface area contributed by atoms with E-state index in [0.717, 1.165) is 17.7 Å². The van der Waals surface area contributed by atoms with E-state index in [9.17, 15) is 13.2 Å². The summed E-state index contributed by atoms with van der Waals surface area (Å²) in [4.78, 5) is 15.7. The second-order valence-electron chi connectivity index (χ2n) is 6.88. The van der Waals surface area contributed by atoms with Crippen LogP contribution < -0.4 is 9.62 Å². The molecule has 2 aromatic carbocycles. The van der Waals surface area contributed by atoms with Crippen LogP contribution in [-0.4, -0.2) is 46.4 Å². The van der Waals surface area contributed by atoms with Gasteiger partial charge in [-0.25, -0.2) is 13.1 Å². The Morgan fingerprint density at radius 1 is 1.07 bits per heavy atom. The lowest BCUT2D eigenvalue weighted by Gasteiger charge is -2.25. The molecule has 27 heavy (non-hydrogen) atoms. The van der Waals surface area contributed by atoms with E-state index in [-0.39, 0.29) is 23.4 Å². The van der Waals surface area contributed by atoms with E-state index in [2.05, 4.69) is 4.72 Å². The highest BCUT2D eigenvalue weighted by Gasteiger charge is 2.23. The monoisotopic (exact) mass is 387 g/mol. The zero-order chi connectivity index (χ0) is 19.4. The normalized spacial score (nSPS) is 16.1. The standard InChI is InChI=1S/C20H25N3O3S/c1-22(2)19(16-7-4-3-5-8-16)15-21-27(25,26)18-12-10-17(11-13-18)23-14-6-9-20(23)24/h3-5,7-8,10-13,19,21H,6,9,14-15H2,1-2H3. The van der Waals surface area contributed by atoms with Crippen molar-refractivity contribution in [2.75, 3.05) is 32.1 Å². The number of amides is 1. The van der Waals surface area contributed by atoms with Crippen LogP contribution >= 0.6 is 0 Å². The number of carbonyl (C=O) groups is 1. The Morgan fingerprint density at radius 3 is 2.30 bits per heavy atom. The predicted molar refractivity (Wildman–Crippen MR) is 106 cm³/mol. The molecule has 1 amide bonds. The summed E-state index contributed by atoms with van der Waals surface area (Å²) in [5, 5.41) is 0. The fourth-order valence-corrected chi connectivity index (χ4v) is 4.31. The highest BCUT2D eigenvalue weighted by Crippen LogP contribution is 2.23. The molecule has 6 nitrogen and oxygen atoms in total. The lowest BCUT2D eigenvalue weighted by molar-refractivity contribution is -0.117. The average molecular weight is 388 g/mol. The molecule has 7 heteroatoms. The van der Waals surface area contributed by atoms with Gasteiger partial charge in [-0.05, 0) is 50.3 Å². The number of nitrogens with one attached hydrogen (secondary N) is 1. The summed E-state index contributed by atoms with van der Waals surface area (Å²) in [5.41, 5.74) is 1.79. The molecule has 1 heterocycles. The molecule has 0 aliphatic carbocycles. The molecule has 0 aromatic heterocycles. The fourth-order valence-electron chi connectivity index (χ4n) is 3.27. The van der Waals surface area contributed by atoms with E-state index >= 15 is 0 Å². The zero-order valence-corrected chi connectivity index (χ0v) is 16.4. The van der Waals surface area contributed by atoms with Gasteiger partial charge in [-0.2, -0.15) is 0 Å². The molecule has 0 bridgehead atoms. The number of carbonyl (C=O) groups excluding carboxylic acids is 1. The van der Waals surface area contributed by atoms with Crippen LogP contribution in [0.25, 0.3) is 0 Å². The van der Waals surface area contributed by atoms with E-state index in [1.54, 1.807) is 29.2 Å². The maximum absolute atomic E-state index is 12.7. The minimum atomic E-state index is -3.63. The molecule has 1 aliphatic heterocycles. The van der Waals surface area contributed by atoms with Gasteiger partial charge in [0.2, 0.25) is 15.9 Å². The van der Waals surface area contributed by atoms with Crippen molar-refractivity contribution in [1.82, 2.24) is 9.62 Å². The van der Waals surface area contributed by atoms with E-state index in [1.165, 1.54) is 0 Å². The third-order valence-electron chi connectivity index (χ3n) is 4.81. The van der Waals surface area contributed by atoms with Crippen molar-refractivity contribution in [3.63, 3.8) is 0 Å². The number of sulfonamides is 1. The van der Waals surface area contributed by atoms with Crippen molar-refractivity contribution in [3.8, 4) is 0 Å². The van der Waals surface area contributed by atoms with Crippen molar-refractivity contribution in [1.29, 1.82) is 0 Å². The number of likely N-dealkylation sites (N-methyl/N-ethyl adjacent to an activating group) is 1. The molecule has 2 aromatic rings. The number of nitrogens with zero attached hydrogens (tertiary/aromatic N) is 2. The number of rotatable bonds is 7. The van der Waals surface area contributed by atoms with Crippen molar-refractivity contribution >= 4 is 21.6 Å². The molecule has 1 aliphatic rings. The summed E-state index contributed by atoms with van der Waals surface area (Å²) >= 11 is 0. The Hall–Kier alpha value is -2.22. The molecule has 1 saturated heterocycles. The van der Waals surface area contributed by atoms with Crippen molar-refractivity contribution in [3.05, 3.63) is 60.2 Å². The molecular formula is C20H25N3O3S. The molecule has 1 fully saturated rings. The smallest absolute Gasteiger partial charge is 0.240 e. The van der Waals surface area contributed by atoms with Gasteiger partial charge >= 0.3 is 0 Å². The molecule has 0 radical (unpaired) electrons. The Kier molecular flexibility index (Phi) is 5.94. The Morgan fingerprint density at radius 2 is 1.74 bits per heavy atom. The minimum Gasteiger partial charge on any atom is -0.312 e. The quantitative estimate of drug-likeness (QED) is 0.792. The van der Waals surface area contributed by atoms with Gasteiger partial charge in [0, 0.05) is 31.2 Å². The van der Waals surface area contributed by atoms with Crippen molar-refractivity contribution < 1.29 is 13.2 Å². The van der Waals surface area contributed by atoms with Crippen LogP contribution in [0, 0.1) is 0 Å². The third kappa shape index (κ3) is 4.55. The van der Waals surface area contributed by atoms with Gasteiger partial charge < -0.3 is 9.80 Å². The molecule has 1 unspecified atom stereocenters. The SMILES string of the molecule is CN(C)C(CNS(=O)(=O)c1ccc(N2CCCC2=O)cc1)c1ccccc1. The molecule has 1 N–H and O–H groups in total. The fraction of sp³-hybridized carbons (Fsp3) is 0.350. The number of anilines is 1. The van der Waals surface area contributed by atoms with Crippen LogP contribution in [-0.2, 0) is 14.8 Å². The second kappa shape index (κ2) is 8.21. The van der Waals surface area contributed by atoms with Crippen LogP contribution in [0.1, 0.15) is 24.4 Å². The van der Waals surface area contributed by atoms with Crippen LogP contribution in [0.3, 0.4) is 0 Å². The zero-order valence-electron chi connectivity index (χ0n) is 15.6. The summed E-state index contributed by atoms with van der Waals surface area (Å²) in [5.74, 6) is 0.0837. The third-order valence-corrected chi connectivity index (χ3v) is 6.25. The van der Waals surface area contributed by atoms with Crippen LogP contribution in [0.4, 0.5) is 5.69 Å². The van der Waals surface area contributed by atoms with Crippen LogP contribution in [0.15, 0.2) is 59.5 Å². The highest BCUT2D eigenvalue weighted by molar-refractivity contribution is 7.89. The molecule has 0 spiro atoms. The summed E-state index contributed by atoms with van der Waals surface area (Å²) in [7, 11) is 0.218. The molecule has 144 valence electrons. The lowest BCUT2D eigenvalue weighted by atomic mass is 10.1. The summed E-state index contributed by atoms with van der Waals surface area (Å²) < 4.78 is 28.1. The summed E-state index contributed by atoms with van der Waals surface area (Å²) in [6, 6.07) is 16.2. The number of benzene rings is 2. The van der Waals surface area contributed by atoms with Crippen molar-refractivity contribution in [2.45, 2.75) is 23.8 Å². The van der Waals surface area contributed by atoms with Gasteiger partial charge in [0.1, 0.15) is 0 Å². The van der Waals surface area contributed by atoms with Crippen molar-refractivity contribution in [2.24, 2.45) is 0 Å². The van der Waals surface area contributed by atoms with Crippen LogP contribution in [0.5, 0.6) is 0 Å². The van der Waals surface area contributed by atoms with E-state index in [4.69, 9.17) is 0 Å².